The van der Waals surface area contributed by atoms with Crippen LogP contribution < -0.4 is 5.73 Å². The molecule has 2 aromatic carbocycles. The Balaban J connectivity index is 1.99. The van der Waals surface area contributed by atoms with Crippen molar-refractivity contribution in [1.29, 1.82) is 0 Å². The highest BCUT2D eigenvalue weighted by molar-refractivity contribution is 6.31. The number of hydrogen-bond donors (Lipinski definition) is 1. The molecule has 0 saturated heterocycles. The number of rotatable bonds is 4. The van der Waals surface area contributed by atoms with Crippen LogP contribution in [-0.2, 0) is 13.0 Å². The van der Waals surface area contributed by atoms with Crippen molar-refractivity contribution < 1.29 is 0 Å². The molecule has 0 amide bonds. The smallest absolute Gasteiger partial charge is 0.127 e. The lowest BCUT2D eigenvalue weighted by molar-refractivity contribution is 0.609. The van der Waals surface area contributed by atoms with Crippen molar-refractivity contribution in [2.24, 2.45) is 5.73 Å². The van der Waals surface area contributed by atoms with Crippen LogP contribution in [0.1, 0.15) is 24.4 Å². The molecule has 3 rings (SSSR count). The zero-order valence-electron chi connectivity index (χ0n) is 12.0. The summed E-state index contributed by atoms with van der Waals surface area (Å²) >= 11 is 6.05. The maximum atomic E-state index is 6.39. The van der Waals surface area contributed by atoms with Gasteiger partial charge in [0.15, 0.2) is 0 Å². The molecule has 3 aromatic rings. The molecule has 0 aliphatic carbocycles. The summed E-state index contributed by atoms with van der Waals surface area (Å²) in [5, 5.41) is 0.700. The normalized spacial score (nSPS) is 12.7. The molecule has 0 aliphatic heterocycles. The minimum atomic E-state index is -0.126. The first kappa shape index (κ1) is 14.1. The first-order chi connectivity index (χ1) is 10.2. The van der Waals surface area contributed by atoms with Crippen LogP contribution >= 0.6 is 11.6 Å². The number of fused-ring (bicyclic) bond motifs is 1. The summed E-state index contributed by atoms with van der Waals surface area (Å²) in [6.45, 7) is 2.95. The van der Waals surface area contributed by atoms with Crippen LogP contribution in [0.5, 0.6) is 0 Å². The maximum Gasteiger partial charge on any atom is 0.127 e. The van der Waals surface area contributed by atoms with Gasteiger partial charge in [-0.2, -0.15) is 0 Å². The van der Waals surface area contributed by atoms with E-state index in [0.717, 1.165) is 29.8 Å². The fourth-order valence-corrected chi connectivity index (χ4v) is 2.86. The van der Waals surface area contributed by atoms with Crippen molar-refractivity contribution in [2.45, 2.75) is 25.9 Å². The van der Waals surface area contributed by atoms with Gasteiger partial charge in [0.2, 0.25) is 0 Å². The summed E-state index contributed by atoms with van der Waals surface area (Å²) in [5.41, 5.74) is 9.60. The maximum absolute atomic E-state index is 6.39. The van der Waals surface area contributed by atoms with Crippen molar-refractivity contribution in [3.05, 3.63) is 64.9 Å². The van der Waals surface area contributed by atoms with Gasteiger partial charge in [-0.05, 0) is 37.1 Å². The minimum Gasteiger partial charge on any atom is -0.327 e. The second-order valence-corrected chi connectivity index (χ2v) is 5.58. The zero-order chi connectivity index (χ0) is 14.8. The molecule has 0 radical (unpaired) electrons. The third kappa shape index (κ3) is 2.80. The predicted molar refractivity (Wildman–Crippen MR) is 87.5 cm³/mol. The van der Waals surface area contributed by atoms with Crippen molar-refractivity contribution in [2.75, 3.05) is 0 Å². The molecule has 0 saturated carbocycles. The van der Waals surface area contributed by atoms with Crippen LogP contribution in [0.15, 0.2) is 48.5 Å². The Morgan fingerprint density at radius 3 is 2.67 bits per heavy atom. The van der Waals surface area contributed by atoms with E-state index in [-0.39, 0.29) is 6.04 Å². The van der Waals surface area contributed by atoms with E-state index in [9.17, 15) is 0 Å². The monoisotopic (exact) mass is 299 g/mol. The van der Waals surface area contributed by atoms with Gasteiger partial charge in [-0.15, -0.1) is 0 Å². The van der Waals surface area contributed by atoms with Gasteiger partial charge < -0.3 is 10.3 Å². The molecule has 1 unspecified atom stereocenters. The summed E-state index contributed by atoms with van der Waals surface area (Å²) in [7, 11) is 0. The first-order valence-corrected chi connectivity index (χ1v) is 7.52. The third-order valence-corrected chi connectivity index (χ3v) is 3.92. The number of nitrogens with zero attached hydrogens (tertiary/aromatic N) is 2. The van der Waals surface area contributed by atoms with Crippen molar-refractivity contribution in [1.82, 2.24) is 9.55 Å². The van der Waals surface area contributed by atoms with Gasteiger partial charge in [0.05, 0.1) is 17.1 Å². The van der Waals surface area contributed by atoms with Crippen molar-refractivity contribution >= 4 is 22.6 Å². The second kappa shape index (κ2) is 5.88. The highest BCUT2D eigenvalue weighted by Gasteiger charge is 2.16. The fourth-order valence-electron chi connectivity index (χ4n) is 2.70. The minimum absolute atomic E-state index is 0.126. The van der Waals surface area contributed by atoms with E-state index in [1.807, 2.05) is 36.4 Å². The van der Waals surface area contributed by atoms with Gasteiger partial charge in [-0.3, -0.25) is 0 Å². The van der Waals surface area contributed by atoms with Crippen molar-refractivity contribution in [3.8, 4) is 0 Å². The van der Waals surface area contributed by atoms with Gasteiger partial charge in [-0.25, -0.2) is 4.98 Å². The molecule has 108 valence electrons. The Morgan fingerprint density at radius 1 is 1.19 bits per heavy atom. The van der Waals surface area contributed by atoms with Crippen LogP contribution in [0.2, 0.25) is 5.02 Å². The Bertz CT molecular complexity index is 749. The van der Waals surface area contributed by atoms with E-state index in [2.05, 4.69) is 23.6 Å². The van der Waals surface area contributed by atoms with E-state index in [1.54, 1.807) is 0 Å². The van der Waals surface area contributed by atoms with Gasteiger partial charge >= 0.3 is 0 Å². The number of imidazole rings is 1. The van der Waals surface area contributed by atoms with E-state index >= 15 is 0 Å². The quantitative estimate of drug-likeness (QED) is 0.792. The predicted octanol–water partition coefficient (Wildman–Crippen LogP) is 3.95. The molecule has 0 aliphatic rings. The molecule has 0 fully saturated rings. The van der Waals surface area contributed by atoms with E-state index in [1.165, 1.54) is 5.56 Å². The lowest BCUT2D eigenvalue weighted by Crippen LogP contribution is -2.18. The van der Waals surface area contributed by atoms with E-state index < -0.39 is 0 Å². The van der Waals surface area contributed by atoms with E-state index in [4.69, 9.17) is 22.3 Å². The summed E-state index contributed by atoms with van der Waals surface area (Å²) in [6.07, 6.45) is 0.776. The number of hydrogen-bond acceptors (Lipinski definition) is 2. The SMILES string of the molecule is CCn1c(C(N)Cc2ccccc2)nc2cc(Cl)ccc21. The highest BCUT2D eigenvalue weighted by atomic mass is 35.5. The molecule has 3 nitrogen and oxygen atoms in total. The van der Waals surface area contributed by atoms with Gasteiger partial charge in [0.25, 0.3) is 0 Å². The molecular formula is C17H18ClN3. The van der Waals surface area contributed by atoms with Crippen LogP contribution in [-0.4, -0.2) is 9.55 Å². The standard InChI is InChI=1S/C17H18ClN3/c1-2-21-16-9-8-13(18)11-15(16)20-17(21)14(19)10-12-6-4-3-5-7-12/h3-9,11,14H,2,10,19H2,1H3. The Hall–Kier alpha value is -1.84. The Kier molecular flexibility index (Phi) is 3.95. The average molecular weight is 300 g/mol. The lowest BCUT2D eigenvalue weighted by atomic mass is 10.1. The number of halogens is 1. The Labute approximate surface area is 129 Å². The van der Waals surface area contributed by atoms with Gasteiger partial charge in [0.1, 0.15) is 5.82 Å². The molecule has 1 aromatic heterocycles. The van der Waals surface area contributed by atoms with E-state index in [0.29, 0.717) is 5.02 Å². The number of aryl methyl sites for hydroxylation is 1. The van der Waals surface area contributed by atoms with Crippen LogP contribution in [0.25, 0.3) is 11.0 Å². The molecular weight excluding hydrogens is 282 g/mol. The first-order valence-electron chi connectivity index (χ1n) is 7.14. The number of nitrogens with two attached hydrogens (primary N) is 1. The molecule has 0 spiro atoms. The highest BCUT2D eigenvalue weighted by Crippen LogP contribution is 2.24. The number of aromatic nitrogens is 2. The molecule has 21 heavy (non-hydrogen) atoms. The summed E-state index contributed by atoms with van der Waals surface area (Å²) in [4.78, 5) is 4.69. The molecule has 2 N–H and O–H groups in total. The van der Waals surface area contributed by atoms with Gasteiger partial charge in [0, 0.05) is 11.6 Å². The molecule has 1 atom stereocenters. The third-order valence-electron chi connectivity index (χ3n) is 3.69. The average Bonchev–Trinajstić information content (AvgIpc) is 2.85. The second-order valence-electron chi connectivity index (χ2n) is 5.14. The van der Waals surface area contributed by atoms with Crippen LogP contribution in [0.4, 0.5) is 0 Å². The van der Waals surface area contributed by atoms with Crippen LogP contribution in [0, 0.1) is 0 Å². The topological polar surface area (TPSA) is 43.8 Å². The number of benzene rings is 2. The van der Waals surface area contributed by atoms with Crippen molar-refractivity contribution in [3.63, 3.8) is 0 Å². The zero-order valence-corrected chi connectivity index (χ0v) is 12.7. The molecule has 0 bridgehead atoms. The fraction of sp³-hybridized carbons (Fsp3) is 0.235. The largest absolute Gasteiger partial charge is 0.327 e. The summed E-state index contributed by atoms with van der Waals surface area (Å²) < 4.78 is 2.17. The molecule has 4 heteroatoms. The van der Waals surface area contributed by atoms with Gasteiger partial charge in [-0.1, -0.05) is 41.9 Å². The summed E-state index contributed by atoms with van der Waals surface area (Å²) in [6, 6.07) is 15.9. The lowest BCUT2D eigenvalue weighted by Gasteiger charge is -2.13. The Morgan fingerprint density at radius 2 is 1.95 bits per heavy atom. The molecule has 1 heterocycles. The van der Waals surface area contributed by atoms with Crippen LogP contribution in [0.3, 0.4) is 0 Å². The summed E-state index contributed by atoms with van der Waals surface area (Å²) in [5.74, 6) is 0.915.